The fourth-order valence-corrected chi connectivity index (χ4v) is 2.52. The third-order valence-corrected chi connectivity index (χ3v) is 3.35. The molecule has 0 spiro atoms. The van der Waals surface area contributed by atoms with Gasteiger partial charge < -0.3 is 0 Å². The molecule has 0 radical (unpaired) electrons. The molecule has 1 fully saturated rings. The van der Waals surface area contributed by atoms with Crippen LogP contribution in [0.15, 0.2) is 23.8 Å². The number of hydrogen-bond donors (Lipinski definition) is 0. The summed E-state index contributed by atoms with van der Waals surface area (Å²) in [5, 5.41) is 0. The second-order valence-electron chi connectivity index (χ2n) is 4.42. The van der Waals surface area contributed by atoms with Gasteiger partial charge in [-0.3, -0.25) is 0 Å². The first-order valence-electron chi connectivity index (χ1n) is 5.80. The van der Waals surface area contributed by atoms with Gasteiger partial charge in [-0.05, 0) is 50.9 Å². The number of allylic oxidation sites excluding steroid dienone is 4. The summed E-state index contributed by atoms with van der Waals surface area (Å²) in [6, 6.07) is 0. The van der Waals surface area contributed by atoms with Gasteiger partial charge in [0.05, 0.1) is 0 Å². The summed E-state index contributed by atoms with van der Waals surface area (Å²) in [7, 11) is 0. The lowest BCUT2D eigenvalue weighted by atomic mass is 9.96. The molecule has 1 unspecified atom stereocenters. The minimum absolute atomic E-state index is 0.894. The van der Waals surface area contributed by atoms with Crippen molar-refractivity contribution in [3.05, 3.63) is 23.8 Å². The summed E-state index contributed by atoms with van der Waals surface area (Å²) in [6.45, 7) is 0. The minimum atomic E-state index is 0.894. The molecule has 2 aliphatic carbocycles. The lowest BCUT2D eigenvalue weighted by Gasteiger charge is -2.09. The molecule has 0 nitrogen and oxygen atoms in total. The van der Waals surface area contributed by atoms with E-state index in [2.05, 4.69) is 18.2 Å². The lowest BCUT2D eigenvalue weighted by molar-refractivity contribution is 0.511. The van der Waals surface area contributed by atoms with Gasteiger partial charge in [0.1, 0.15) is 0 Å². The first-order chi connectivity index (χ1) is 6.45. The molecule has 0 aromatic carbocycles. The highest BCUT2D eigenvalue weighted by Crippen LogP contribution is 2.27. The van der Waals surface area contributed by atoms with Crippen molar-refractivity contribution in [2.75, 3.05) is 0 Å². The molecule has 2 rings (SSSR count). The Balaban J connectivity index is 2.12. The van der Waals surface area contributed by atoms with E-state index in [-0.39, 0.29) is 0 Å². The van der Waals surface area contributed by atoms with Gasteiger partial charge >= 0.3 is 0 Å². The maximum absolute atomic E-state index is 2.46. The molecule has 2 aliphatic rings. The normalized spacial score (nSPS) is 36.0. The average molecular weight is 176 g/mol. The summed E-state index contributed by atoms with van der Waals surface area (Å²) < 4.78 is 0. The van der Waals surface area contributed by atoms with Gasteiger partial charge in [0.2, 0.25) is 0 Å². The van der Waals surface area contributed by atoms with Crippen LogP contribution in [0.1, 0.15) is 51.4 Å². The third-order valence-electron chi connectivity index (χ3n) is 3.35. The number of rotatable bonds is 0. The Hall–Kier alpha value is -0.520. The van der Waals surface area contributed by atoms with Gasteiger partial charge in [-0.15, -0.1) is 0 Å². The van der Waals surface area contributed by atoms with Crippen molar-refractivity contribution in [1.82, 2.24) is 0 Å². The molecule has 1 saturated carbocycles. The molecule has 2 bridgehead atoms. The van der Waals surface area contributed by atoms with E-state index < -0.39 is 0 Å². The maximum atomic E-state index is 2.46. The molecule has 0 saturated heterocycles. The van der Waals surface area contributed by atoms with Gasteiger partial charge in [-0.25, -0.2) is 0 Å². The van der Waals surface area contributed by atoms with Crippen LogP contribution in [0.2, 0.25) is 0 Å². The maximum Gasteiger partial charge on any atom is -0.0166 e. The fraction of sp³-hybridized carbons (Fsp3) is 0.692. The summed E-state index contributed by atoms with van der Waals surface area (Å²) in [4.78, 5) is 0. The molecule has 0 heteroatoms. The molecule has 72 valence electrons. The zero-order chi connectivity index (χ0) is 8.93. The number of fused-ring (bicyclic) bond motifs is 4. The molecule has 0 aromatic heterocycles. The van der Waals surface area contributed by atoms with E-state index in [1.807, 2.05) is 0 Å². The molecular weight excluding hydrogens is 156 g/mol. The van der Waals surface area contributed by atoms with E-state index >= 15 is 0 Å². The summed E-state index contributed by atoms with van der Waals surface area (Å²) >= 11 is 0. The van der Waals surface area contributed by atoms with Gasteiger partial charge in [-0.2, -0.15) is 0 Å². The van der Waals surface area contributed by atoms with Crippen molar-refractivity contribution in [2.45, 2.75) is 51.4 Å². The quantitative estimate of drug-likeness (QED) is 0.484. The van der Waals surface area contributed by atoms with Crippen LogP contribution in [-0.2, 0) is 0 Å². The van der Waals surface area contributed by atoms with Crippen LogP contribution < -0.4 is 0 Å². The summed E-state index contributed by atoms with van der Waals surface area (Å²) in [6.07, 6.45) is 18.4. The van der Waals surface area contributed by atoms with Crippen LogP contribution in [0, 0.1) is 5.92 Å². The smallest absolute Gasteiger partial charge is 0.0166 e. The van der Waals surface area contributed by atoms with Crippen molar-refractivity contribution >= 4 is 0 Å². The highest BCUT2D eigenvalue weighted by molar-refractivity contribution is 5.08. The molecule has 0 heterocycles. The molecule has 1 atom stereocenters. The van der Waals surface area contributed by atoms with Gasteiger partial charge in [0, 0.05) is 0 Å². The van der Waals surface area contributed by atoms with Crippen molar-refractivity contribution in [3.8, 4) is 0 Å². The van der Waals surface area contributed by atoms with Crippen molar-refractivity contribution in [1.29, 1.82) is 0 Å². The van der Waals surface area contributed by atoms with Crippen LogP contribution in [0.3, 0.4) is 0 Å². The second-order valence-corrected chi connectivity index (χ2v) is 4.42. The van der Waals surface area contributed by atoms with Crippen LogP contribution in [0.4, 0.5) is 0 Å². The molecule has 13 heavy (non-hydrogen) atoms. The Morgan fingerprint density at radius 2 is 1.85 bits per heavy atom. The Kier molecular flexibility index (Phi) is 3.23. The van der Waals surface area contributed by atoms with E-state index in [9.17, 15) is 0 Å². The van der Waals surface area contributed by atoms with E-state index in [0.29, 0.717) is 0 Å². The van der Waals surface area contributed by atoms with Gasteiger partial charge in [0.15, 0.2) is 0 Å². The molecular formula is C13H20. The minimum Gasteiger partial charge on any atom is -0.0851 e. The Bertz CT molecular complexity index is 206. The fourth-order valence-electron chi connectivity index (χ4n) is 2.52. The highest BCUT2D eigenvalue weighted by Gasteiger charge is 2.10. The summed E-state index contributed by atoms with van der Waals surface area (Å²) in [5.41, 5.74) is 1.73. The molecule has 0 aromatic rings. The Morgan fingerprint density at radius 3 is 2.85 bits per heavy atom. The Labute approximate surface area is 81.7 Å². The van der Waals surface area contributed by atoms with Crippen molar-refractivity contribution < 1.29 is 0 Å². The average Bonchev–Trinajstić information content (AvgIpc) is 2.33. The molecule has 0 aliphatic heterocycles. The highest BCUT2D eigenvalue weighted by atomic mass is 14.2. The van der Waals surface area contributed by atoms with E-state index in [1.165, 1.54) is 51.4 Å². The largest absolute Gasteiger partial charge is 0.0851 e. The SMILES string of the molecule is C1=C2/CCCCC(/C=C/C/1)CCC2. The predicted octanol–water partition coefficient (Wildman–Crippen LogP) is 4.23. The standard InChI is InChI=1S/C13H20/c1-2-7-13-9-4-3-8-12(6-1)10-5-11-13/h1,6-7,12H,2-5,8-11H2/b6-1+,13-7-. The third kappa shape index (κ3) is 2.72. The lowest BCUT2D eigenvalue weighted by Crippen LogP contribution is -1.95. The van der Waals surface area contributed by atoms with Crippen LogP contribution in [0.5, 0.6) is 0 Å². The molecule has 0 N–H and O–H groups in total. The predicted molar refractivity (Wildman–Crippen MR) is 57.6 cm³/mol. The first kappa shape index (κ1) is 9.05. The molecule has 0 amide bonds. The van der Waals surface area contributed by atoms with Crippen LogP contribution >= 0.6 is 0 Å². The van der Waals surface area contributed by atoms with Gasteiger partial charge in [-0.1, -0.05) is 30.2 Å². The van der Waals surface area contributed by atoms with Crippen molar-refractivity contribution in [3.63, 3.8) is 0 Å². The summed E-state index contributed by atoms with van der Waals surface area (Å²) in [5.74, 6) is 0.894. The zero-order valence-electron chi connectivity index (χ0n) is 8.47. The van der Waals surface area contributed by atoms with Crippen LogP contribution in [0.25, 0.3) is 0 Å². The zero-order valence-corrected chi connectivity index (χ0v) is 8.47. The van der Waals surface area contributed by atoms with E-state index in [4.69, 9.17) is 0 Å². The number of hydrogen-bond acceptors (Lipinski definition) is 0. The Morgan fingerprint density at radius 1 is 1.00 bits per heavy atom. The topological polar surface area (TPSA) is 0 Å². The monoisotopic (exact) mass is 176 g/mol. The van der Waals surface area contributed by atoms with Crippen LogP contribution in [-0.4, -0.2) is 0 Å². The van der Waals surface area contributed by atoms with E-state index in [1.54, 1.807) is 5.57 Å². The second kappa shape index (κ2) is 4.64. The van der Waals surface area contributed by atoms with Gasteiger partial charge in [0.25, 0.3) is 0 Å². The van der Waals surface area contributed by atoms with E-state index in [0.717, 1.165) is 5.92 Å². The first-order valence-corrected chi connectivity index (χ1v) is 5.80. The van der Waals surface area contributed by atoms with Crippen molar-refractivity contribution in [2.24, 2.45) is 5.92 Å².